The minimum Gasteiger partial charge on any atom is -0.482 e. The number of nitrogens with one attached hydrogen (secondary N) is 1. The standard InChI is InChI=1S/C15H11Cl3N2O2/c16-11-6-5-10(7-13(11)18)8-19-20-15(21)9-22-14-4-2-1-3-12(14)17/h1-8H,9H2,(H,20,21)/b19-8-. The molecule has 0 aliphatic rings. The second-order valence-electron chi connectivity index (χ2n) is 4.19. The number of hydrogen-bond acceptors (Lipinski definition) is 3. The lowest BCUT2D eigenvalue weighted by atomic mass is 10.2. The third-order valence-electron chi connectivity index (χ3n) is 2.54. The van der Waals surface area contributed by atoms with Crippen molar-refractivity contribution in [2.45, 2.75) is 0 Å². The van der Waals surface area contributed by atoms with Crippen LogP contribution in [0.4, 0.5) is 0 Å². The largest absolute Gasteiger partial charge is 0.482 e. The van der Waals surface area contributed by atoms with Crippen LogP contribution in [-0.4, -0.2) is 18.7 Å². The number of carbonyl (C=O) groups excluding carboxylic acids is 1. The molecule has 0 bridgehead atoms. The second kappa shape index (κ2) is 8.03. The zero-order valence-corrected chi connectivity index (χ0v) is 13.5. The van der Waals surface area contributed by atoms with Gasteiger partial charge in [0.1, 0.15) is 5.75 Å². The third kappa shape index (κ3) is 4.91. The van der Waals surface area contributed by atoms with Gasteiger partial charge in [-0.2, -0.15) is 5.10 Å². The van der Waals surface area contributed by atoms with Crippen LogP contribution in [0.2, 0.25) is 15.1 Å². The van der Waals surface area contributed by atoms with Crippen LogP contribution in [0.5, 0.6) is 5.75 Å². The van der Waals surface area contributed by atoms with Crippen molar-refractivity contribution in [3.8, 4) is 5.75 Å². The number of rotatable bonds is 5. The van der Waals surface area contributed by atoms with Crippen LogP contribution in [0, 0.1) is 0 Å². The molecule has 0 unspecified atom stereocenters. The summed E-state index contributed by atoms with van der Waals surface area (Å²) in [5.41, 5.74) is 3.05. The summed E-state index contributed by atoms with van der Waals surface area (Å²) < 4.78 is 5.28. The molecule has 0 atom stereocenters. The highest BCUT2D eigenvalue weighted by Crippen LogP contribution is 2.23. The zero-order chi connectivity index (χ0) is 15.9. The molecule has 0 fully saturated rings. The van der Waals surface area contributed by atoms with Gasteiger partial charge in [0.15, 0.2) is 6.61 Å². The number of ether oxygens (including phenoxy) is 1. The summed E-state index contributed by atoms with van der Waals surface area (Å²) in [6.07, 6.45) is 1.45. The Hall–Kier alpha value is -1.75. The minimum atomic E-state index is -0.406. The Morgan fingerprint density at radius 1 is 1.09 bits per heavy atom. The molecule has 2 rings (SSSR count). The van der Waals surface area contributed by atoms with Crippen molar-refractivity contribution in [2.75, 3.05) is 6.61 Å². The van der Waals surface area contributed by atoms with E-state index < -0.39 is 5.91 Å². The van der Waals surface area contributed by atoms with Crippen LogP contribution in [0.15, 0.2) is 47.6 Å². The van der Waals surface area contributed by atoms with E-state index in [4.69, 9.17) is 39.5 Å². The summed E-state index contributed by atoms with van der Waals surface area (Å²) in [7, 11) is 0. The molecule has 0 saturated heterocycles. The second-order valence-corrected chi connectivity index (χ2v) is 5.41. The molecule has 0 aliphatic heterocycles. The van der Waals surface area contributed by atoms with Crippen LogP contribution in [0.3, 0.4) is 0 Å². The van der Waals surface area contributed by atoms with Gasteiger partial charge in [0.2, 0.25) is 0 Å². The Kier molecular flexibility index (Phi) is 6.07. The fraction of sp³-hybridized carbons (Fsp3) is 0.0667. The monoisotopic (exact) mass is 356 g/mol. The molecular formula is C15H11Cl3N2O2. The van der Waals surface area contributed by atoms with Gasteiger partial charge in [-0.05, 0) is 29.8 Å². The summed E-state index contributed by atoms with van der Waals surface area (Å²) in [6, 6.07) is 11.9. The van der Waals surface area contributed by atoms with Gasteiger partial charge in [0.05, 0.1) is 21.3 Å². The van der Waals surface area contributed by atoms with Gasteiger partial charge in [-0.1, -0.05) is 53.0 Å². The maximum atomic E-state index is 11.6. The fourth-order valence-corrected chi connectivity index (χ4v) is 2.01. The number of amides is 1. The van der Waals surface area contributed by atoms with Crippen molar-refractivity contribution in [1.29, 1.82) is 0 Å². The highest BCUT2D eigenvalue weighted by molar-refractivity contribution is 6.42. The van der Waals surface area contributed by atoms with Gasteiger partial charge in [-0.25, -0.2) is 5.43 Å². The molecule has 0 saturated carbocycles. The number of para-hydroxylation sites is 1. The van der Waals surface area contributed by atoms with Gasteiger partial charge < -0.3 is 4.74 Å². The molecule has 1 N–H and O–H groups in total. The van der Waals surface area contributed by atoms with Crippen LogP contribution >= 0.6 is 34.8 Å². The average Bonchev–Trinajstić information content (AvgIpc) is 2.50. The van der Waals surface area contributed by atoms with E-state index >= 15 is 0 Å². The Morgan fingerprint density at radius 3 is 2.59 bits per heavy atom. The van der Waals surface area contributed by atoms with Crippen molar-refractivity contribution in [1.82, 2.24) is 5.43 Å². The minimum absolute atomic E-state index is 0.192. The molecule has 0 heterocycles. The average molecular weight is 358 g/mol. The molecule has 7 heteroatoms. The van der Waals surface area contributed by atoms with Crippen LogP contribution in [0.1, 0.15) is 5.56 Å². The predicted octanol–water partition coefficient (Wildman–Crippen LogP) is 4.18. The zero-order valence-electron chi connectivity index (χ0n) is 11.2. The lowest BCUT2D eigenvalue weighted by Gasteiger charge is -2.06. The van der Waals surface area contributed by atoms with E-state index in [1.54, 1.807) is 42.5 Å². The van der Waals surface area contributed by atoms with Gasteiger partial charge in [-0.15, -0.1) is 0 Å². The highest BCUT2D eigenvalue weighted by Gasteiger charge is 2.04. The maximum Gasteiger partial charge on any atom is 0.277 e. The maximum absolute atomic E-state index is 11.6. The Morgan fingerprint density at radius 2 is 1.86 bits per heavy atom. The summed E-state index contributed by atoms with van der Waals surface area (Å²) in [5, 5.41) is 5.12. The summed E-state index contributed by atoms with van der Waals surface area (Å²) in [6.45, 7) is -0.192. The number of carbonyl (C=O) groups is 1. The van der Waals surface area contributed by atoms with Crippen LogP contribution in [-0.2, 0) is 4.79 Å². The first-order chi connectivity index (χ1) is 10.6. The van der Waals surface area contributed by atoms with E-state index in [9.17, 15) is 4.79 Å². The topological polar surface area (TPSA) is 50.7 Å². The molecule has 2 aromatic rings. The van der Waals surface area contributed by atoms with Gasteiger partial charge in [-0.3, -0.25) is 4.79 Å². The molecule has 2 aromatic carbocycles. The quantitative estimate of drug-likeness (QED) is 0.645. The Labute approximate surface area is 142 Å². The van der Waals surface area contributed by atoms with Gasteiger partial charge in [0.25, 0.3) is 5.91 Å². The lowest BCUT2D eigenvalue weighted by molar-refractivity contribution is -0.123. The van der Waals surface area contributed by atoms with Crippen molar-refractivity contribution >= 4 is 46.9 Å². The molecular weight excluding hydrogens is 347 g/mol. The van der Waals surface area contributed by atoms with Gasteiger partial charge in [0, 0.05) is 0 Å². The number of halogens is 3. The molecule has 0 aliphatic carbocycles. The van der Waals surface area contributed by atoms with E-state index in [1.807, 2.05) is 0 Å². The first-order valence-corrected chi connectivity index (χ1v) is 7.34. The Balaban J connectivity index is 1.83. The summed E-state index contributed by atoms with van der Waals surface area (Å²) in [4.78, 5) is 11.6. The third-order valence-corrected chi connectivity index (χ3v) is 3.59. The fourth-order valence-electron chi connectivity index (χ4n) is 1.51. The smallest absolute Gasteiger partial charge is 0.277 e. The first-order valence-electron chi connectivity index (χ1n) is 6.20. The van der Waals surface area contributed by atoms with E-state index in [1.165, 1.54) is 6.21 Å². The SMILES string of the molecule is O=C(COc1ccccc1Cl)N/N=C\c1ccc(Cl)c(Cl)c1. The van der Waals surface area contributed by atoms with Crippen molar-refractivity contribution in [3.63, 3.8) is 0 Å². The normalized spacial score (nSPS) is 10.7. The molecule has 22 heavy (non-hydrogen) atoms. The van der Waals surface area contributed by atoms with Crippen LogP contribution < -0.4 is 10.2 Å². The first kappa shape index (κ1) is 16.6. The summed E-state index contributed by atoms with van der Waals surface area (Å²) >= 11 is 17.6. The molecule has 1 amide bonds. The number of hydrogen-bond donors (Lipinski definition) is 1. The lowest BCUT2D eigenvalue weighted by Crippen LogP contribution is -2.24. The molecule has 4 nitrogen and oxygen atoms in total. The molecule has 0 radical (unpaired) electrons. The summed E-state index contributed by atoms with van der Waals surface area (Å²) in [5.74, 6) is 0.0315. The molecule has 0 aromatic heterocycles. The predicted molar refractivity (Wildman–Crippen MR) is 89.1 cm³/mol. The molecule has 0 spiro atoms. The Bertz CT molecular complexity index is 705. The van der Waals surface area contributed by atoms with Crippen LogP contribution in [0.25, 0.3) is 0 Å². The van der Waals surface area contributed by atoms with Crippen molar-refractivity contribution in [3.05, 3.63) is 63.1 Å². The van der Waals surface area contributed by atoms with Gasteiger partial charge >= 0.3 is 0 Å². The van der Waals surface area contributed by atoms with E-state index in [0.717, 1.165) is 0 Å². The molecule has 114 valence electrons. The number of benzene rings is 2. The van der Waals surface area contributed by atoms with Crippen molar-refractivity contribution in [2.24, 2.45) is 5.10 Å². The van der Waals surface area contributed by atoms with E-state index in [2.05, 4.69) is 10.5 Å². The number of hydrazone groups is 1. The van der Waals surface area contributed by atoms with E-state index in [0.29, 0.717) is 26.4 Å². The number of nitrogens with zero attached hydrogens (tertiary/aromatic N) is 1. The van der Waals surface area contributed by atoms with E-state index in [-0.39, 0.29) is 6.61 Å². The van der Waals surface area contributed by atoms with Crippen molar-refractivity contribution < 1.29 is 9.53 Å². The highest BCUT2D eigenvalue weighted by atomic mass is 35.5.